The highest BCUT2D eigenvalue weighted by molar-refractivity contribution is 6.30. The first-order valence-corrected chi connectivity index (χ1v) is 9.53. The number of halogens is 1. The summed E-state index contributed by atoms with van der Waals surface area (Å²) in [4.78, 5) is 31.9. The number of benzene rings is 1. The molecule has 7 nitrogen and oxygen atoms in total. The van der Waals surface area contributed by atoms with E-state index in [1.807, 2.05) is 30.5 Å². The highest BCUT2D eigenvalue weighted by atomic mass is 35.5. The molecule has 0 atom stereocenters. The molecule has 1 aromatic carbocycles. The minimum absolute atomic E-state index is 0.0214. The van der Waals surface area contributed by atoms with E-state index in [2.05, 4.69) is 4.98 Å². The van der Waals surface area contributed by atoms with Crippen molar-refractivity contribution < 1.29 is 9.53 Å². The van der Waals surface area contributed by atoms with E-state index in [1.54, 1.807) is 17.0 Å². The van der Waals surface area contributed by atoms with E-state index in [1.165, 1.54) is 10.9 Å². The molecule has 146 valence electrons. The molecule has 2 aromatic heterocycles. The highest BCUT2D eigenvalue weighted by Crippen LogP contribution is 2.25. The van der Waals surface area contributed by atoms with Crippen molar-refractivity contribution in [1.29, 1.82) is 0 Å². The van der Waals surface area contributed by atoms with Crippen LogP contribution in [0.25, 0.3) is 16.7 Å². The third-order valence-corrected chi connectivity index (χ3v) is 5.49. The molecule has 0 radical (unpaired) electrons. The second-order valence-electron chi connectivity index (χ2n) is 6.89. The van der Waals surface area contributed by atoms with Gasteiger partial charge in [-0.25, -0.2) is 4.98 Å². The standard InChI is InChI=1S/C20H21ClN4O3/c1-13-14(2)25(16-5-3-15(21)4-6-16)19-18(13)20(27)24(12-22-19)11-17(26)23-7-9-28-10-8-23/h3-6,12H,7-11H2,1-2H3. The fourth-order valence-corrected chi connectivity index (χ4v) is 3.69. The monoisotopic (exact) mass is 400 g/mol. The van der Waals surface area contributed by atoms with E-state index < -0.39 is 0 Å². The summed E-state index contributed by atoms with van der Waals surface area (Å²) in [5.74, 6) is -0.0990. The molecule has 28 heavy (non-hydrogen) atoms. The molecule has 1 amide bonds. The molecule has 1 aliphatic heterocycles. The quantitative estimate of drug-likeness (QED) is 0.676. The Hall–Kier alpha value is -2.64. The van der Waals surface area contributed by atoms with E-state index in [4.69, 9.17) is 16.3 Å². The normalized spacial score (nSPS) is 14.6. The first kappa shape index (κ1) is 18.7. The van der Waals surface area contributed by atoms with E-state index in [9.17, 15) is 9.59 Å². The van der Waals surface area contributed by atoms with Gasteiger partial charge in [-0.1, -0.05) is 11.6 Å². The summed E-state index contributed by atoms with van der Waals surface area (Å²) in [7, 11) is 0. The third kappa shape index (κ3) is 3.21. The van der Waals surface area contributed by atoms with Crippen molar-refractivity contribution in [3.8, 4) is 5.69 Å². The second-order valence-corrected chi connectivity index (χ2v) is 7.33. The van der Waals surface area contributed by atoms with Crippen LogP contribution < -0.4 is 5.56 Å². The average molecular weight is 401 g/mol. The minimum Gasteiger partial charge on any atom is -0.378 e. The maximum Gasteiger partial charge on any atom is 0.263 e. The van der Waals surface area contributed by atoms with Crippen molar-refractivity contribution in [2.45, 2.75) is 20.4 Å². The van der Waals surface area contributed by atoms with Crippen LogP contribution in [-0.2, 0) is 16.1 Å². The van der Waals surface area contributed by atoms with E-state index in [-0.39, 0.29) is 18.0 Å². The number of rotatable bonds is 3. The van der Waals surface area contributed by atoms with Crippen LogP contribution in [0.15, 0.2) is 35.4 Å². The molecule has 4 rings (SSSR count). The molecule has 0 N–H and O–H groups in total. The van der Waals surface area contributed by atoms with Gasteiger partial charge in [-0.2, -0.15) is 0 Å². The molecule has 3 heterocycles. The van der Waals surface area contributed by atoms with Crippen molar-refractivity contribution in [3.63, 3.8) is 0 Å². The minimum atomic E-state index is -0.208. The predicted octanol–water partition coefficient (Wildman–Crippen LogP) is 2.32. The molecule has 3 aromatic rings. The highest BCUT2D eigenvalue weighted by Gasteiger charge is 2.21. The summed E-state index contributed by atoms with van der Waals surface area (Å²) in [5, 5.41) is 1.18. The van der Waals surface area contributed by atoms with E-state index >= 15 is 0 Å². The smallest absolute Gasteiger partial charge is 0.263 e. The van der Waals surface area contributed by atoms with Crippen LogP contribution in [-0.4, -0.2) is 51.2 Å². The Kier molecular flexibility index (Phi) is 4.95. The second kappa shape index (κ2) is 7.41. The Bertz CT molecular complexity index is 1100. The van der Waals surface area contributed by atoms with Crippen LogP contribution in [0.1, 0.15) is 11.3 Å². The number of aromatic nitrogens is 3. The third-order valence-electron chi connectivity index (χ3n) is 5.24. The number of carbonyl (C=O) groups excluding carboxylic acids is 1. The number of nitrogens with zero attached hydrogens (tertiary/aromatic N) is 4. The van der Waals surface area contributed by atoms with Crippen molar-refractivity contribution >= 4 is 28.5 Å². The van der Waals surface area contributed by atoms with Crippen molar-refractivity contribution in [2.24, 2.45) is 0 Å². The lowest BCUT2D eigenvalue weighted by molar-refractivity contribution is -0.135. The number of carbonyl (C=O) groups is 1. The van der Waals surface area contributed by atoms with Gasteiger partial charge in [0.05, 0.1) is 18.6 Å². The van der Waals surface area contributed by atoms with Gasteiger partial charge < -0.3 is 9.64 Å². The zero-order chi connectivity index (χ0) is 19.8. The zero-order valence-corrected chi connectivity index (χ0v) is 16.6. The Labute approximate surface area is 167 Å². The van der Waals surface area contributed by atoms with Gasteiger partial charge >= 0.3 is 0 Å². The maximum atomic E-state index is 13.1. The van der Waals surface area contributed by atoms with Gasteiger partial charge in [-0.3, -0.25) is 18.7 Å². The van der Waals surface area contributed by atoms with Gasteiger partial charge in [0, 0.05) is 29.5 Å². The molecule has 1 aliphatic rings. The van der Waals surface area contributed by atoms with Crippen LogP contribution >= 0.6 is 11.6 Å². The molecule has 0 saturated carbocycles. The van der Waals surface area contributed by atoms with Crippen LogP contribution in [0.4, 0.5) is 0 Å². The van der Waals surface area contributed by atoms with Crippen LogP contribution in [0, 0.1) is 13.8 Å². The predicted molar refractivity (Wildman–Crippen MR) is 107 cm³/mol. The number of hydrogen-bond acceptors (Lipinski definition) is 4. The summed E-state index contributed by atoms with van der Waals surface area (Å²) in [6.45, 7) is 5.99. The summed E-state index contributed by atoms with van der Waals surface area (Å²) in [6, 6.07) is 7.40. The van der Waals surface area contributed by atoms with Gasteiger partial charge in [0.1, 0.15) is 12.9 Å². The maximum absolute atomic E-state index is 13.1. The summed E-state index contributed by atoms with van der Waals surface area (Å²) < 4.78 is 8.61. The van der Waals surface area contributed by atoms with E-state index in [0.717, 1.165) is 16.9 Å². The first-order valence-electron chi connectivity index (χ1n) is 9.16. The molecule has 0 unspecified atom stereocenters. The Balaban J connectivity index is 1.75. The molecule has 1 fully saturated rings. The molecule has 0 aliphatic carbocycles. The number of aryl methyl sites for hydroxylation is 1. The van der Waals surface area contributed by atoms with Crippen LogP contribution in [0.3, 0.4) is 0 Å². The SMILES string of the molecule is Cc1c(C)n(-c2ccc(Cl)cc2)c2ncn(CC(=O)N3CCOCC3)c(=O)c12. The Morgan fingerprint density at radius 2 is 1.86 bits per heavy atom. The number of amides is 1. The number of hydrogen-bond donors (Lipinski definition) is 0. The summed E-state index contributed by atoms with van der Waals surface area (Å²) in [6.07, 6.45) is 1.45. The lowest BCUT2D eigenvalue weighted by atomic mass is 10.2. The van der Waals surface area contributed by atoms with Gasteiger partial charge in [-0.05, 0) is 43.7 Å². The Morgan fingerprint density at radius 3 is 2.54 bits per heavy atom. The van der Waals surface area contributed by atoms with Crippen LogP contribution in [0.5, 0.6) is 0 Å². The summed E-state index contributed by atoms with van der Waals surface area (Å²) >= 11 is 6.00. The molecular weight excluding hydrogens is 380 g/mol. The molecular formula is C20H21ClN4O3. The fourth-order valence-electron chi connectivity index (χ4n) is 3.56. The van der Waals surface area contributed by atoms with E-state index in [0.29, 0.717) is 42.4 Å². The van der Waals surface area contributed by atoms with Gasteiger partial charge in [0.15, 0.2) is 5.65 Å². The lowest BCUT2D eigenvalue weighted by Gasteiger charge is -2.27. The lowest BCUT2D eigenvalue weighted by Crippen LogP contribution is -2.43. The van der Waals surface area contributed by atoms with Crippen molar-refractivity contribution in [2.75, 3.05) is 26.3 Å². The van der Waals surface area contributed by atoms with Crippen molar-refractivity contribution in [3.05, 3.63) is 57.2 Å². The largest absolute Gasteiger partial charge is 0.378 e. The average Bonchev–Trinajstić information content (AvgIpc) is 2.96. The first-order chi connectivity index (χ1) is 13.5. The zero-order valence-electron chi connectivity index (χ0n) is 15.8. The number of fused-ring (bicyclic) bond motifs is 1. The topological polar surface area (TPSA) is 69.4 Å². The number of morpholine rings is 1. The van der Waals surface area contributed by atoms with Gasteiger partial charge in [0.2, 0.25) is 5.91 Å². The molecule has 8 heteroatoms. The fraction of sp³-hybridized carbons (Fsp3) is 0.350. The number of ether oxygens (including phenoxy) is 1. The molecule has 0 spiro atoms. The Morgan fingerprint density at radius 1 is 1.18 bits per heavy atom. The van der Waals surface area contributed by atoms with Gasteiger partial charge in [-0.15, -0.1) is 0 Å². The molecule has 1 saturated heterocycles. The van der Waals surface area contributed by atoms with Crippen molar-refractivity contribution in [1.82, 2.24) is 19.0 Å². The summed E-state index contributed by atoms with van der Waals surface area (Å²) in [5.41, 5.74) is 3.04. The molecule has 0 bridgehead atoms. The van der Waals surface area contributed by atoms with Gasteiger partial charge in [0.25, 0.3) is 5.56 Å². The van der Waals surface area contributed by atoms with Crippen LogP contribution in [0.2, 0.25) is 5.02 Å².